The van der Waals surface area contributed by atoms with Crippen LogP contribution >= 0.6 is 11.8 Å². The monoisotopic (exact) mass is 507 g/mol. The van der Waals surface area contributed by atoms with Crippen molar-refractivity contribution >= 4 is 35.1 Å². The van der Waals surface area contributed by atoms with Crippen LogP contribution in [0.25, 0.3) is 0 Å². The van der Waals surface area contributed by atoms with Crippen LogP contribution in [0.15, 0.2) is 67.0 Å². The van der Waals surface area contributed by atoms with Crippen molar-refractivity contribution in [3.63, 3.8) is 0 Å². The number of halogens is 1. The zero-order valence-electron chi connectivity index (χ0n) is 20.4. The molecule has 0 bridgehead atoms. The highest BCUT2D eigenvalue weighted by Crippen LogP contribution is 2.42. The number of anilines is 1. The summed E-state index contributed by atoms with van der Waals surface area (Å²) >= 11 is 1.48. The summed E-state index contributed by atoms with van der Waals surface area (Å²) < 4.78 is 20.8. The highest BCUT2D eigenvalue weighted by atomic mass is 32.2. The van der Waals surface area contributed by atoms with E-state index in [0.717, 1.165) is 11.1 Å². The first-order valence-corrected chi connectivity index (χ1v) is 12.8. The van der Waals surface area contributed by atoms with Gasteiger partial charge in [0.1, 0.15) is 18.2 Å². The molecule has 2 atom stereocenters. The number of ketones is 1. The van der Waals surface area contributed by atoms with Gasteiger partial charge in [0.2, 0.25) is 5.91 Å². The van der Waals surface area contributed by atoms with E-state index in [9.17, 15) is 18.8 Å². The SMILES string of the molecule is Cc1cc(C(=O)OC(C)CCC(=O)c2ccc[n+](C)c2)ccc1N1C(=O)CSC1c1ccc(F)cc1. The smallest absolute Gasteiger partial charge is 0.338 e. The fraction of sp³-hybridized carbons (Fsp3) is 0.286. The molecule has 2 heterocycles. The van der Waals surface area contributed by atoms with E-state index in [0.29, 0.717) is 29.0 Å². The number of pyridine rings is 1. The first-order chi connectivity index (χ1) is 17.2. The van der Waals surface area contributed by atoms with Crippen molar-refractivity contribution in [3.8, 4) is 0 Å². The maximum atomic E-state index is 13.4. The van der Waals surface area contributed by atoms with Crippen LogP contribution in [0.1, 0.15) is 57.0 Å². The lowest BCUT2D eigenvalue weighted by Crippen LogP contribution is -2.28. The van der Waals surface area contributed by atoms with E-state index in [1.54, 1.807) is 54.4 Å². The van der Waals surface area contributed by atoms with Gasteiger partial charge in [-0.3, -0.25) is 14.5 Å². The minimum Gasteiger partial charge on any atom is -0.459 e. The number of nitrogens with zero attached hydrogens (tertiary/aromatic N) is 2. The van der Waals surface area contributed by atoms with Crippen molar-refractivity contribution in [2.45, 2.75) is 38.2 Å². The standard InChI is InChI=1S/C28H28FN2O4S/c1-18-15-21(28(34)35-19(2)6-13-25(32)22-5-4-14-30(3)16-22)9-12-24(18)31-26(33)17-36-27(31)20-7-10-23(29)11-8-20/h4-5,7-12,14-16,19,27H,6,13,17H2,1-3H3/q+1. The van der Waals surface area contributed by atoms with Crippen LogP contribution in [0, 0.1) is 12.7 Å². The van der Waals surface area contributed by atoms with Crippen LogP contribution in [0.4, 0.5) is 10.1 Å². The Bertz CT molecular complexity index is 1290. The quantitative estimate of drug-likeness (QED) is 0.245. The van der Waals surface area contributed by atoms with E-state index in [1.807, 2.05) is 30.8 Å². The molecule has 4 rings (SSSR count). The number of Topliss-reactive ketones (excluding diaryl/α,β-unsaturated/α-hetero) is 1. The van der Waals surface area contributed by atoms with Gasteiger partial charge >= 0.3 is 5.97 Å². The number of aryl methyl sites for hydroxylation is 2. The summed E-state index contributed by atoms with van der Waals surface area (Å²) in [4.78, 5) is 39.6. The number of thioether (sulfide) groups is 1. The topological polar surface area (TPSA) is 67.6 Å². The van der Waals surface area contributed by atoms with Crippen molar-refractivity contribution in [2.24, 2.45) is 7.05 Å². The number of ether oxygens (including phenoxy) is 1. The van der Waals surface area contributed by atoms with Crippen molar-refractivity contribution < 1.29 is 28.1 Å². The van der Waals surface area contributed by atoms with E-state index in [2.05, 4.69) is 0 Å². The maximum Gasteiger partial charge on any atom is 0.338 e. The summed E-state index contributed by atoms with van der Waals surface area (Å²) in [5.74, 6) is -0.529. The molecule has 2 unspecified atom stereocenters. The molecule has 1 fully saturated rings. The second kappa shape index (κ2) is 11.0. The molecule has 1 aliphatic rings. The van der Waals surface area contributed by atoms with E-state index >= 15 is 0 Å². The van der Waals surface area contributed by atoms with Crippen molar-refractivity contribution in [2.75, 3.05) is 10.7 Å². The molecule has 0 aliphatic carbocycles. The molecule has 1 amide bonds. The number of hydrogen-bond donors (Lipinski definition) is 0. The highest BCUT2D eigenvalue weighted by molar-refractivity contribution is 8.00. The molecular weight excluding hydrogens is 479 g/mol. The third-order valence-corrected chi connectivity index (χ3v) is 7.28. The predicted octanol–water partition coefficient (Wildman–Crippen LogP) is 4.95. The number of aromatic nitrogens is 1. The van der Waals surface area contributed by atoms with Crippen molar-refractivity contribution in [3.05, 3.63) is 95.1 Å². The average molecular weight is 508 g/mol. The van der Waals surface area contributed by atoms with Gasteiger partial charge < -0.3 is 4.74 Å². The lowest BCUT2D eigenvalue weighted by molar-refractivity contribution is -0.671. The van der Waals surface area contributed by atoms with Gasteiger partial charge in [0.25, 0.3) is 0 Å². The van der Waals surface area contributed by atoms with Gasteiger partial charge in [0.15, 0.2) is 18.2 Å². The molecule has 2 aromatic carbocycles. The normalized spacial score (nSPS) is 16.2. The lowest BCUT2D eigenvalue weighted by atomic mass is 10.1. The lowest BCUT2D eigenvalue weighted by Gasteiger charge is -2.26. The second-order valence-electron chi connectivity index (χ2n) is 8.92. The maximum absolute atomic E-state index is 13.4. The summed E-state index contributed by atoms with van der Waals surface area (Å²) in [5, 5.41) is -0.265. The number of benzene rings is 2. The zero-order chi connectivity index (χ0) is 25.8. The highest BCUT2D eigenvalue weighted by Gasteiger charge is 2.35. The molecule has 3 aromatic rings. The summed E-state index contributed by atoms with van der Waals surface area (Å²) in [7, 11) is 1.86. The molecule has 0 N–H and O–H groups in total. The number of carbonyl (C=O) groups excluding carboxylic acids is 3. The van der Waals surface area contributed by atoms with Gasteiger partial charge in [-0.15, -0.1) is 11.8 Å². The Morgan fingerprint density at radius 2 is 1.92 bits per heavy atom. The molecule has 0 radical (unpaired) electrons. The second-order valence-corrected chi connectivity index (χ2v) is 9.98. The Labute approximate surface area is 214 Å². The molecule has 0 spiro atoms. The van der Waals surface area contributed by atoms with E-state index in [1.165, 1.54) is 23.9 Å². The summed E-state index contributed by atoms with van der Waals surface area (Å²) in [6.07, 6.45) is 3.89. The number of hydrogen-bond acceptors (Lipinski definition) is 5. The summed E-state index contributed by atoms with van der Waals surface area (Å²) in [6.45, 7) is 3.61. The Morgan fingerprint density at radius 3 is 2.61 bits per heavy atom. The van der Waals surface area contributed by atoms with Crippen molar-refractivity contribution in [1.29, 1.82) is 0 Å². The Morgan fingerprint density at radius 1 is 1.17 bits per heavy atom. The van der Waals surface area contributed by atoms with Crippen LogP contribution in [-0.4, -0.2) is 29.5 Å². The van der Waals surface area contributed by atoms with Gasteiger partial charge in [0, 0.05) is 18.2 Å². The number of carbonyl (C=O) groups is 3. The van der Waals surface area contributed by atoms with Crippen LogP contribution < -0.4 is 9.47 Å². The molecule has 1 aliphatic heterocycles. The third kappa shape index (κ3) is 5.82. The van der Waals surface area contributed by atoms with Gasteiger partial charge in [-0.05, 0) is 67.8 Å². The van der Waals surface area contributed by atoms with Crippen LogP contribution in [0.5, 0.6) is 0 Å². The van der Waals surface area contributed by atoms with Crippen LogP contribution in [-0.2, 0) is 16.6 Å². The van der Waals surface area contributed by atoms with Gasteiger partial charge in [-0.1, -0.05) is 12.1 Å². The van der Waals surface area contributed by atoms with Gasteiger partial charge in [0.05, 0.1) is 23.0 Å². The van der Waals surface area contributed by atoms with Crippen LogP contribution in [0.2, 0.25) is 0 Å². The summed E-state index contributed by atoms with van der Waals surface area (Å²) in [6, 6.07) is 14.8. The molecule has 1 saturated heterocycles. The van der Waals surface area contributed by atoms with E-state index in [-0.39, 0.29) is 29.3 Å². The zero-order valence-corrected chi connectivity index (χ0v) is 21.3. The Kier molecular flexibility index (Phi) is 7.84. The van der Waals surface area contributed by atoms with Gasteiger partial charge in [-0.25, -0.2) is 13.8 Å². The number of rotatable bonds is 8. The number of esters is 1. The minimum atomic E-state index is -0.479. The molecule has 8 heteroatoms. The number of amides is 1. The van der Waals surface area contributed by atoms with Gasteiger partial charge in [-0.2, -0.15) is 0 Å². The van der Waals surface area contributed by atoms with E-state index < -0.39 is 12.1 Å². The first-order valence-electron chi connectivity index (χ1n) is 11.7. The average Bonchev–Trinajstić information content (AvgIpc) is 3.23. The Balaban J connectivity index is 1.40. The minimum absolute atomic E-state index is 0.00171. The molecule has 186 valence electrons. The molecule has 6 nitrogen and oxygen atoms in total. The largest absolute Gasteiger partial charge is 0.459 e. The fourth-order valence-corrected chi connectivity index (χ4v) is 5.32. The van der Waals surface area contributed by atoms with E-state index in [4.69, 9.17) is 4.74 Å². The Hall–Kier alpha value is -3.52. The molecule has 36 heavy (non-hydrogen) atoms. The molecule has 0 saturated carbocycles. The predicted molar refractivity (Wildman–Crippen MR) is 136 cm³/mol. The van der Waals surface area contributed by atoms with Crippen LogP contribution in [0.3, 0.4) is 0 Å². The third-order valence-electron chi connectivity index (χ3n) is 6.06. The molecular formula is C28H28FN2O4S+. The first kappa shape index (κ1) is 25.6. The summed E-state index contributed by atoms with van der Waals surface area (Å²) in [5.41, 5.74) is 3.29. The van der Waals surface area contributed by atoms with Crippen molar-refractivity contribution in [1.82, 2.24) is 0 Å². The fourth-order valence-electron chi connectivity index (χ4n) is 4.15. The molecule has 1 aromatic heterocycles.